The van der Waals surface area contributed by atoms with E-state index in [1.165, 1.54) is 12.0 Å². The third kappa shape index (κ3) is 10.4. The van der Waals surface area contributed by atoms with Crippen LogP contribution >= 0.6 is 0 Å². The summed E-state index contributed by atoms with van der Waals surface area (Å²) in [6.07, 6.45) is -0.348. The molecule has 0 spiro atoms. The second-order valence-electron chi connectivity index (χ2n) is 10.9. The number of hydrogen-bond donors (Lipinski definition) is 0. The summed E-state index contributed by atoms with van der Waals surface area (Å²) in [5.74, 6) is -2.87. The first-order valence-electron chi connectivity index (χ1n) is 13.1. The smallest absolute Gasteiger partial charge is 0.412 e. The van der Waals surface area contributed by atoms with Gasteiger partial charge in [0.1, 0.15) is 30.2 Å². The third-order valence-corrected chi connectivity index (χ3v) is 6.33. The molecule has 0 saturated carbocycles. The number of halogens is 2. The highest BCUT2D eigenvalue weighted by molar-refractivity contribution is 5.81. The number of benzene rings is 1. The number of amides is 1. The van der Waals surface area contributed by atoms with Crippen LogP contribution in [-0.2, 0) is 30.2 Å². The molecule has 1 saturated heterocycles. The Morgan fingerprint density at radius 3 is 2.32 bits per heavy atom. The van der Waals surface area contributed by atoms with E-state index in [0.717, 1.165) is 18.2 Å². The predicted octanol–water partition coefficient (Wildman–Crippen LogP) is 5.61. The predicted molar refractivity (Wildman–Crippen MR) is 138 cm³/mol. The molecule has 10 heteroatoms. The minimum absolute atomic E-state index is 0.118. The van der Waals surface area contributed by atoms with E-state index in [0.29, 0.717) is 25.7 Å². The van der Waals surface area contributed by atoms with Crippen molar-refractivity contribution >= 4 is 12.1 Å². The minimum Gasteiger partial charge on any atom is -0.497 e. The van der Waals surface area contributed by atoms with Crippen molar-refractivity contribution in [3.63, 3.8) is 0 Å². The van der Waals surface area contributed by atoms with Crippen LogP contribution in [0.1, 0.15) is 65.9 Å². The molecule has 38 heavy (non-hydrogen) atoms. The second kappa shape index (κ2) is 14.1. The van der Waals surface area contributed by atoms with Gasteiger partial charge in [-0.1, -0.05) is 18.6 Å². The largest absolute Gasteiger partial charge is 0.497 e. The molecule has 0 radical (unpaired) electrons. The lowest BCUT2D eigenvalue weighted by Gasteiger charge is -2.33. The Bertz CT molecular complexity index is 883. The van der Waals surface area contributed by atoms with Crippen LogP contribution in [0.5, 0.6) is 5.75 Å². The fraction of sp³-hybridized carbons (Fsp3) is 0.714. The Morgan fingerprint density at radius 2 is 1.76 bits per heavy atom. The van der Waals surface area contributed by atoms with Gasteiger partial charge in [0.05, 0.1) is 19.8 Å². The van der Waals surface area contributed by atoms with Crippen LogP contribution in [0.3, 0.4) is 0 Å². The molecule has 8 nitrogen and oxygen atoms in total. The number of methoxy groups -OCH3 is 2. The molecular weight excluding hydrogens is 500 g/mol. The number of cyclic esters (lactones) is 1. The number of nitrogens with zero attached hydrogens (tertiary/aromatic N) is 1. The molecule has 0 unspecified atom stereocenters. The number of alkyl halides is 2. The number of esters is 1. The molecule has 0 aliphatic carbocycles. The number of carbonyl (C=O) groups is 2. The SMILES string of the molecule is COCN(C(=O)OC(C)(C)C)[C@H]1CCC[C@H](Cc2ccc(OC)cc2)[C@@H](OCCC(C)(F)F)[C@H](C)OC1=O. The van der Waals surface area contributed by atoms with Crippen molar-refractivity contribution in [1.29, 1.82) is 0 Å². The van der Waals surface area contributed by atoms with Gasteiger partial charge < -0.3 is 23.7 Å². The molecule has 0 N–H and O–H groups in total. The molecule has 0 bridgehead atoms. The van der Waals surface area contributed by atoms with E-state index in [-0.39, 0.29) is 19.3 Å². The first kappa shape index (κ1) is 31.8. The second-order valence-corrected chi connectivity index (χ2v) is 10.9. The highest BCUT2D eigenvalue weighted by atomic mass is 19.3. The molecule has 1 aromatic carbocycles. The number of hydrogen-bond acceptors (Lipinski definition) is 7. The van der Waals surface area contributed by atoms with Gasteiger partial charge in [0, 0.05) is 13.5 Å². The van der Waals surface area contributed by atoms with E-state index in [1.54, 1.807) is 34.8 Å². The third-order valence-electron chi connectivity index (χ3n) is 6.33. The van der Waals surface area contributed by atoms with Crippen molar-refractivity contribution < 1.29 is 42.1 Å². The Hall–Kier alpha value is -2.46. The van der Waals surface area contributed by atoms with Gasteiger partial charge in [-0.25, -0.2) is 18.4 Å². The van der Waals surface area contributed by atoms with Crippen molar-refractivity contribution in [2.45, 2.75) is 96.5 Å². The van der Waals surface area contributed by atoms with E-state index in [4.69, 9.17) is 23.7 Å². The van der Waals surface area contributed by atoms with E-state index in [1.807, 2.05) is 24.3 Å². The van der Waals surface area contributed by atoms with Crippen molar-refractivity contribution in [3.05, 3.63) is 29.8 Å². The van der Waals surface area contributed by atoms with Gasteiger partial charge in [-0.05, 0) is 77.5 Å². The molecule has 2 rings (SSSR count). The summed E-state index contributed by atoms with van der Waals surface area (Å²) in [6, 6.07) is 6.70. The van der Waals surface area contributed by atoms with Crippen LogP contribution in [0, 0.1) is 5.92 Å². The van der Waals surface area contributed by atoms with Crippen LogP contribution in [0.15, 0.2) is 24.3 Å². The highest BCUT2D eigenvalue weighted by Crippen LogP contribution is 2.30. The monoisotopic (exact) mass is 543 g/mol. The Balaban J connectivity index is 2.30. The summed E-state index contributed by atoms with van der Waals surface area (Å²) < 4.78 is 54.8. The Morgan fingerprint density at radius 1 is 1.11 bits per heavy atom. The van der Waals surface area contributed by atoms with Gasteiger partial charge in [-0.15, -0.1) is 0 Å². The average Bonchev–Trinajstić information content (AvgIpc) is 2.85. The maximum Gasteiger partial charge on any atom is 0.412 e. The van der Waals surface area contributed by atoms with Gasteiger partial charge in [0.2, 0.25) is 5.92 Å². The number of ether oxygens (including phenoxy) is 5. The molecule has 1 aliphatic heterocycles. The molecular formula is C28H43F2NO7. The summed E-state index contributed by atoms with van der Waals surface area (Å²) in [4.78, 5) is 27.5. The summed E-state index contributed by atoms with van der Waals surface area (Å²) in [6.45, 7) is 7.45. The first-order chi connectivity index (χ1) is 17.7. The van der Waals surface area contributed by atoms with Gasteiger partial charge in [-0.3, -0.25) is 4.90 Å². The lowest BCUT2D eigenvalue weighted by Crippen LogP contribution is -2.49. The average molecular weight is 544 g/mol. The van der Waals surface area contributed by atoms with E-state index >= 15 is 0 Å². The van der Waals surface area contributed by atoms with E-state index in [2.05, 4.69) is 0 Å². The fourth-order valence-electron chi connectivity index (χ4n) is 4.51. The van der Waals surface area contributed by atoms with Crippen molar-refractivity contribution in [3.8, 4) is 5.75 Å². The maximum absolute atomic E-state index is 13.5. The quantitative estimate of drug-likeness (QED) is 0.280. The van der Waals surface area contributed by atoms with Crippen molar-refractivity contribution in [1.82, 2.24) is 4.90 Å². The molecule has 1 aliphatic rings. The molecule has 1 amide bonds. The van der Waals surface area contributed by atoms with Gasteiger partial charge in [0.25, 0.3) is 0 Å². The first-order valence-corrected chi connectivity index (χ1v) is 13.1. The summed E-state index contributed by atoms with van der Waals surface area (Å²) >= 11 is 0. The Kier molecular flexibility index (Phi) is 11.8. The summed E-state index contributed by atoms with van der Waals surface area (Å²) in [5, 5.41) is 0. The fourth-order valence-corrected chi connectivity index (χ4v) is 4.51. The summed E-state index contributed by atoms with van der Waals surface area (Å²) in [5.41, 5.74) is 0.261. The zero-order valence-electron chi connectivity index (χ0n) is 23.6. The lowest BCUT2D eigenvalue weighted by atomic mass is 9.86. The summed E-state index contributed by atoms with van der Waals surface area (Å²) in [7, 11) is 3.02. The van der Waals surface area contributed by atoms with Crippen LogP contribution in [0.4, 0.5) is 13.6 Å². The van der Waals surface area contributed by atoms with Gasteiger partial charge >= 0.3 is 12.1 Å². The Labute approximate surface area is 224 Å². The molecule has 0 aromatic heterocycles. The minimum atomic E-state index is -2.87. The van der Waals surface area contributed by atoms with Crippen LogP contribution in [0.25, 0.3) is 0 Å². The number of carbonyl (C=O) groups excluding carboxylic acids is 2. The standard InChI is InChI=1S/C28H43F2NO7/c1-19-24(36-16-15-28(5,29)30)21(17-20-11-13-22(35-7)14-12-20)9-8-10-23(25(32)37-19)31(18-34-6)26(33)38-27(2,3)4/h11-14,19,21,23-24H,8-10,15-18H2,1-7H3/t19-,21+,23-,24-/m0/s1. The van der Waals surface area contributed by atoms with Crippen LogP contribution in [-0.4, -0.2) is 74.3 Å². The van der Waals surface area contributed by atoms with Crippen LogP contribution in [0.2, 0.25) is 0 Å². The molecule has 1 heterocycles. The van der Waals surface area contributed by atoms with Crippen molar-refractivity contribution in [2.75, 3.05) is 27.6 Å². The van der Waals surface area contributed by atoms with E-state index < -0.39 is 48.3 Å². The maximum atomic E-state index is 13.5. The van der Waals surface area contributed by atoms with Gasteiger partial charge in [-0.2, -0.15) is 0 Å². The molecule has 1 aromatic rings. The normalized spacial score (nSPS) is 23.0. The lowest BCUT2D eigenvalue weighted by molar-refractivity contribution is -0.167. The number of rotatable bonds is 10. The van der Waals surface area contributed by atoms with E-state index in [9.17, 15) is 18.4 Å². The highest BCUT2D eigenvalue weighted by Gasteiger charge is 2.39. The van der Waals surface area contributed by atoms with Crippen molar-refractivity contribution in [2.24, 2.45) is 5.92 Å². The molecule has 1 fully saturated rings. The molecule has 216 valence electrons. The topological polar surface area (TPSA) is 83.5 Å². The zero-order chi connectivity index (χ0) is 28.5. The van der Waals surface area contributed by atoms with Crippen LogP contribution < -0.4 is 4.74 Å². The molecule has 4 atom stereocenters. The zero-order valence-corrected chi connectivity index (χ0v) is 23.6. The van der Waals surface area contributed by atoms with Gasteiger partial charge in [0.15, 0.2) is 0 Å².